The molecule has 0 saturated heterocycles. The Bertz CT molecular complexity index is 528. The number of anilines is 2. The molecule has 2 aromatic rings. The number of rotatable bonds is 5. The van der Waals surface area contributed by atoms with Crippen LogP contribution in [0.15, 0.2) is 42.6 Å². The van der Waals surface area contributed by atoms with Gasteiger partial charge in [-0.1, -0.05) is 30.3 Å². The number of aryl methyl sites for hydroxylation is 1. The SMILES string of the molecule is Cc1cnc(NC(CO)Cc2ccccc2)c(N)c1. The molecule has 1 unspecified atom stereocenters. The molecule has 1 aromatic heterocycles. The maximum atomic E-state index is 9.46. The monoisotopic (exact) mass is 257 g/mol. The minimum Gasteiger partial charge on any atom is -0.396 e. The lowest BCUT2D eigenvalue weighted by molar-refractivity contribution is 0.273. The smallest absolute Gasteiger partial charge is 0.149 e. The lowest BCUT2D eigenvalue weighted by Crippen LogP contribution is -2.27. The summed E-state index contributed by atoms with van der Waals surface area (Å²) < 4.78 is 0. The van der Waals surface area contributed by atoms with E-state index in [-0.39, 0.29) is 12.6 Å². The van der Waals surface area contributed by atoms with Gasteiger partial charge in [-0.25, -0.2) is 4.98 Å². The Kier molecular flexibility index (Phi) is 4.36. The third kappa shape index (κ3) is 3.69. The van der Waals surface area contributed by atoms with E-state index < -0.39 is 0 Å². The molecule has 19 heavy (non-hydrogen) atoms. The molecule has 4 N–H and O–H groups in total. The molecule has 1 heterocycles. The number of nitrogens with zero attached hydrogens (tertiary/aromatic N) is 1. The number of benzene rings is 1. The van der Waals surface area contributed by atoms with E-state index in [0.29, 0.717) is 11.5 Å². The summed E-state index contributed by atoms with van der Waals surface area (Å²) in [6.45, 7) is 1.98. The third-order valence-corrected chi connectivity index (χ3v) is 2.94. The van der Waals surface area contributed by atoms with Crippen LogP contribution in [-0.4, -0.2) is 22.7 Å². The number of nitrogens with two attached hydrogens (primary N) is 1. The van der Waals surface area contributed by atoms with E-state index >= 15 is 0 Å². The van der Waals surface area contributed by atoms with Gasteiger partial charge in [0.25, 0.3) is 0 Å². The molecule has 0 fully saturated rings. The van der Waals surface area contributed by atoms with Crippen LogP contribution in [0.1, 0.15) is 11.1 Å². The second kappa shape index (κ2) is 6.20. The van der Waals surface area contributed by atoms with Crippen LogP contribution in [0.2, 0.25) is 0 Å². The van der Waals surface area contributed by atoms with Gasteiger partial charge in [0.05, 0.1) is 18.3 Å². The Morgan fingerprint density at radius 3 is 2.68 bits per heavy atom. The van der Waals surface area contributed by atoms with Gasteiger partial charge < -0.3 is 16.2 Å². The first-order valence-corrected chi connectivity index (χ1v) is 6.32. The zero-order chi connectivity index (χ0) is 13.7. The van der Waals surface area contributed by atoms with Gasteiger partial charge in [0.15, 0.2) is 0 Å². The van der Waals surface area contributed by atoms with E-state index in [1.54, 1.807) is 6.20 Å². The number of aliphatic hydroxyl groups excluding tert-OH is 1. The number of pyridine rings is 1. The molecule has 1 aromatic carbocycles. The first kappa shape index (κ1) is 13.4. The van der Waals surface area contributed by atoms with Crippen molar-refractivity contribution in [1.29, 1.82) is 0 Å². The van der Waals surface area contributed by atoms with E-state index in [9.17, 15) is 5.11 Å². The van der Waals surface area contributed by atoms with Crippen molar-refractivity contribution in [2.45, 2.75) is 19.4 Å². The predicted molar refractivity (Wildman–Crippen MR) is 78.0 cm³/mol. The highest BCUT2D eigenvalue weighted by Gasteiger charge is 2.10. The zero-order valence-corrected chi connectivity index (χ0v) is 11.0. The number of hydrogen-bond acceptors (Lipinski definition) is 4. The fraction of sp³-hybridized carbons (Fsp3) is 0.267. The number of hydrogen-bond donors (Lipinski definition) is 3. The van der Waals surface area contributed by atoms with Crippen molar-refractivity contribution in [2.24, 2.45) is 0 Å². The van der Waals surface area contributed by atoms with E-state index in [4.69, 9.17) is 5.73 Å². The lowest BCUT2D eigenvalue weighted by atomic mass is 10.1. The van der Waals surface area contributed by atoms with Gasteiger partial charge in [-0.2, -0.15) is 0 Å². The molecule has 4 heteroatoms. The van der Waals surface area contributed by atoms with Crippen molar-refractivity contribution >= 4 is 11.5 Å². The molecule has 0 bridgehead atoms. The highest BCUT2D eigenvalue weighted by atomic mass is 16.3. The highest BCUT2D eigenvalue weighted by Crippen LogP contribution is 2.17. The van der Waals surface area contributed by atoms with Crippen LogP contribution >= 0.6 is 0 Å². The summed E-state index contributed by atoms with van der Waals surface area (Å²) in [5.74, 6) is 0.626. The highest BCUT2D eigenvalue weighted by molar-refractivity contribution is 5.62. The Labute approximate surface area is 113 Å². The van der Waals surface area contributed by atoms with Crippen LogP contribution in [-0.2, 0) is 6.42 Å². The van der Waals surface area contributed by atoms with Gasteiger partial charge in [-0.15, -0.1) is 0 Å². The maximum absolute atomic E-state index is 9.46. The lowest BCUT2D eigenvalue weighted by Gasteiger charge is -2.18. The Morgan fingerprint density at radius 1 is 1.32 bits per heavy atom. The van der Waals surface area contributed by atoms with Crippen LogP contribution in [0.5, 0.6) is 0 Å². The minimum atomic E-state index is -0.0973. The molecule has 0 aliphatic carbocycles. The molecule has 0 amide bonds. The molecule has 1 atom stereocenters. The molecule has 0 aliphatic rings. The molecule has 0 aliphatic heterocycles. The van der Waals surface area contributed by atoms with Gasteiger partial charge >= 0.3 is 0 Å². The van der Waals surface area contributed by atoms with Crippen LogP contribution in [0.4, 0.5) is 11.5 Å². The Morgan fingerprint density at radius 2 is 2.05 bits per heavy atom. The van der Waals surface area contributed by atoms with Crippen LogP contribution in [0.3, 0.4) is 0 Å². The predicted octanol–water partition coefficient (Wildman–Crippen LogP) is 1.99. The molecule has 0 spiro atoms. The average Bonchev–Trinajstić information content (AvgIpc) is 2.42. The molecular weight excluding hydrogens is 238 g/mol. The maximum Gasteiger partial charge on any atom is 0.149 e. The summed E-state index contributed by atoms with van der Waals surface area (Å²) >= 11 is 0. The summed E-state index contributed by atoms with van der Waals surface area (Å²) in [5.41, 5.74) is 8.70. The van der Waals surface area contributed by atoms with Crippen LogP contribution in [0, 0.1) is 6.92 Å². The van der Waals surface area contributed by atoms with E-state index in [1.165, 1.54) is 5.56 Å². The first-order chi connectivity index (χ1) is 9.19. The van der Waals surface area contributed by atoms with Crippen molar-refractivity contribution in [3.8, 4) is 0 Å². The standard InChI is InChI=1S/C15H19N3O/c1-11-7-14(16)15(17-9-11)18-13(10-19)8-12-5-3-2-4-6-12/h2-7,9,13,19H,8,10,16H2,1H3,(H,17,18). The van der Waals surface area contributed by atoms with Gasteiger partial charge in [-0.3, -0.25) is 0 Å². The van der Waals surface area contributed by atoms with Crippen molar-refractivity contribution in [2.75, 3.05) is 17.7 Å². The summed E-state index contributed by atoms with van der Waals surface area (Å²) in [7, 11) is 0. The largest absolute Gasteiger partial charge is 0.396 e. The van der Waals surface area contributed by atoms with E-state index in [2.05, 4.69) is 10.3 Å². The van der Waals surface area contributed by atoms with E-state index in [1.807, 2.05) is 43.3 Å². The zero-order valence-electron chi connectivity index (χ0n) is 11.0. The third-order valence-electron chi connectivity index (χ3n) is 2.94. The quantitative estimate of drug-likeness (QED) is 0.766. The fourth-order valence-corrected chi connectivity index (χ4v) is 1.97. The van der Waals surface area contributed by atoms with Crippen LogP contribution < -0.4 is 11.1 Å². The summed E-state index contributed by atoms with van der Waals surface area (Å²) in [5, 5.41) is 12.6. The summed E-state index contributed by atoms with van der Waals surface area (Å²) in [4.78, 5) is 4.26. The first-order valence-electron chi connectivity index (χ1n) is 6.32. The Hall–Kier alpha value is -2.07. The van der Waals surface area contributed by atoms with Crippen molar-refractivity contribution < 1.29 is 5.11 Å². The number of nitrogens with one attached hydrogen (secondary N) is 1. The second-order valence-electron chi connectivity index (χ2n) is 4.66. The van der Waals surface area contributed by atoms with Crippen molar-refractivity contribution in [3.63, 3.8) is 0 Å². The van der Waals surface area contributed by atoms with Crippen LogP contribution in [0.25, 0.3) is 0 Å². The number of nitrogen functional groups attached to an aromatic ring is 1. The van der Waals surface area contributed by atoms with E-state index in [0.717, 1.165) is 12.0 Å². The summed E-state index contributed by atoms with van der Waals surface area (Å²) in [6, 6.07) is 11.8. The Balaban J connectivity index is 2.06. The van der Waals surface area contributed by atoms with Crippen molar-refractivity contribution in [3.05, 3.63) is 53.7 Å². The van der Waals surface area contributed by atoms with Crippen molar-refractivity contribution in [1.82, 2.24) is 4.98 Å². The number of aromatic nitrogens is 1. The minimum absolute atomic E-state index is 0.0316. The molecular formula is C15H19N3O. The molecule has 4 nitrogen and oxygen atoms in total. The molecule has 0 saturated carbocycles. The van der Waals surface area contributed by atoms with Gasteiger partial charge in [0.2, 0.25) is 0 Å². The number of aliphatic hydroxyl groups is 1. The normalized spacial score (nSPS) is 12.1. The van der Waals surface area contributed by atoms with Gasteiger partial charge in [0, 0.05) is 6.20 Å². The van der Waals surface area contributed by atoms with Gasteiger partial charge in [0.1, 0.15) is 5.82 Å². The molecule has 2 rings (SSSR count). The second-order valence-corrected chi connectivity index (χ2v) is 4.66. The fourth-order valence-electron chi connectivity index (χ4n) is 1.97. The topological polar surface area (TPSA) is 71.2 Å². The molecule has 100 valence electrons. The molecule has 0 radical (unpaired) electrons. The average molecular weight is 257 g/mol. The van der Waals surface area contributed by atoms with Gasteiger partial charge in [-0.05, 0) is 30.5 Å². The summed E-state index contributed by atoms with van der Waals surface area (Å²) in [6.07, 6.45) is 2.49.